The van der Waals surface area contributed by atoms with Gasteiger partial charge >= 0.3 is 0 Å². The third-order valence-electron chi connectivity index (χ3n) is 3.11. The summed E-state index contributed by atoms with van der Waals surface area (Å²) >= 11 is 1.73. The van der Waals surface area contributed by atoms with Crippen molar-refractivity contribution in [3.8, 4) is 0 Å². The predicted octanol–water partition coefficient (Wildman–Crippen LogP) is 1.65. The van der Waals surface area contributed by atoms with Gasteiger partial charge in [-0.2, -0.15) is 0 Å². The molecule has 2 heterocycles. The maximum atomic E-state index is 4.51. The molecule has 1 N–H and O–H groups in total. The number of aromatic nitrogens is 4. The fraction of sp³-hybridized carbons (Fsp3) is 0.583. The molecule has 3 rings (SSSR count). The van der Waals surface area contributed by atoms with Gasteiger partial charge in [-0.1, -0.05) is 5.21 Å². The van der Waals surface area contributed by atoms with Crippen molar-refractivity contribution in [2.45, 2.75) is 45.8 Å². The maximum absolute atomic E-state index is 4.51. The molecule has 0 aliphatic heterocycles. The van der Waals surface area contributed by atoms with Crippen LogP contribution in [0.5, 0.6) is 0 Å². The van der Waals surface area contributed by atoms with Crippen LogP contribution in [0.3, 0.4) is 0 Å². The molecule has 0 spiro atoms. The summed E-state index contributed by atoms with van der Waals surface area (Å²) in [4.78, 5) is 5.79. The Morgan fingerprint density at radius 2 is 2.28 bits per heavy atom. The summed E-state index contributed by atoms with van der Waals surface area (Å²) in [6, 6.07) is 0.708. The fourth-order valence-corrected chi connectivity index (χ4v) is 2.70. The molecule has 0 radical (unpaired) electrons. The fourth-order valence-electron chi connectivity index (χ4n) is 1.78. The quantitative estimate of drug-likeness (QED) is 0.891. The van der Waals surface area contributed by atoms with Crippen LogP contribution in [0.25, 0.3) is 0 Å². The summed E-state index contributed by atoms with van der Waals surface area (Å²) in [5.74, 6) is 0. The molecule has 2 aromatic rings. The molecular formula is C12H17N5S. The highest BCUT2D eigenvalue weighted by Gasteiger charge is 2.20. The summed E-state index contributed by atoms with van der Waals surface area (Å²) in [6.45, 7) is 5.68. The third kappa shape index (κ3) is 2.76. The second kappa shape index (κ2) is 4.78. The Bertz CT molecular complexity index is 521. The van der Waals surface area contributed by atoms with Gasteiger partial charge in [-0.15, -0.1) is 16.4 Å². The minimum atomic E-state index is 0.708. The zero-order valence-corrected chi connectivity index (χ0v) is 11.5. The second-order valence-electron chi connectivity index (χ2n) is 4.81. The summed E-state index contributed by atoms with van der Waals surface area (Å²) < 4.78 is 1.86. The van der Waals surface area contributed by atoms with Crippen LogP contribution in [0, 0.1) is 13.8 Å². The molecule has 1 aliphatic carbocycles. The Balaban J connectivity index is 1.61. The van der Waals surface area contributed by atoms with Crippen LogP contribution in [0.2, 0.25) is 0 Å². The molecule has 0 atom stereocenters. The first kappa shape index (κ1) is 11.8. The minimum absolute atomic E-state index is 0.708. The van der Waals surface area contributed by atoms with Gasteiger partial charge in [0.2, 0.25) is 0 Å². The lowest BCUT2D eigenvalue weighted by molar-refractivity contribution is 0.643. The first-order chi connectivity index (χ1) is 8.70. The Hall–Kier alpha value is -1.27. The van der Waals surface area contributed by atoms with E-state index in [1.807, 2.05) is 17.8 Å². The minimum Gasteiger partial charge on any atom is -0.308 e. The molecule has 18 heavy (non-hydrogen) atoms. The van der Waals surface area contributed by atoms with Gasteiger partial charge in [-0.25, -0.2) is 9.67 Å². The van der Waals surface area contributed by atoms with Gasteiger partial charge in [0, 0.05) is 17.5 Å². The van der Waals surface area contributed by atoms with Gasteiger partial charge in [0.1, 0.15) is 5.01 Å². The van der Waals surface area contributed by atoms with Crippen LogP contribution in [0.1, 0.15) is 34.1 Å². The van der Waals surface area contributed by atoms with Crippen molar-refractivity contribution < 1.29 is 0 Å². The lowest BCUT2D eigenvalue weighted by Crippen LogP contribution is -2.15. The van der Waals surface area contributed by atoms with Gasteiger partial charge in [-0.3, -0.25) is 0 Å². The number of rotatable bonds is 5. The Morgan fingerprint density at radius 1 is 1.44 bits per heavy atom. The van der Waals surface area contributed by atoms with Crippen LogP contribution in [-0.4, -0.2) is 26.0 Å². The number of nitrogens with zero attached hydrogens (tertiary/aromatic N) is 4. The monoisotopic (exact) mass is 263 g/mol. The van der Waals surface area contributed by atoms with Gasteiger partial charge < -0.3 is 5.32 Å². The van der Waals surface area contributed by atoms with E-state index >= 15 is 0 Å². The summed E-state index contributed by atoms with van der Waals surface area (Å²) in [5, 5.41) is 12.8. The van der Waals surface area contributed by atoms with Crippen molar-refractivity contribution in [1.29, 1.82) is 0 Å². The van der Waals surface area contributed by atoms with Crippen molar-refractivity contribution in [2.24, 2.45) is 0 Å². The molecule has 1 saturated carbocycles. The van der Waals surface area contributed by atoms with Crippen molar-refractivity contribution in [1.82, 2.24) is 25.3 Å². The smallest absolute Gasteiger partial charge is 0.115 e. The highest BCUT2D eigenvalue weighted by Crippen LogP contribution is 2.19. The number of hydrogen-bond acceptors (Lipinski definition) is 5. The van der Waals surface area contributed by atoms with E-state index in [4.69, 9.17) is 0 Å². The first-order valence-corrected chi connectivity index (χ1v) is 7.07. The van der Waals surface area contributed by atoms with E-state index in [0.29, 0.717) is 6.04 Å². The second-order valence-corrected chi connectivity index (χ2v) is 6.10. The molecule has 0 aromatic carbocycles. The van der Waals surface area contributed by atoms with Crippen molar-refractivity contribution in [3.05, 3.63) is 27.5 Å². The van der Waals surface area contributed by atoms with Crippen LogP contribution in [0.15, 0.2) is 6.20 Å². The molecule has 1 fully saturated rings. The Morgan fingerprint density at radius 3 is 2.94 bits per heavy atom. The topological polar surface area (TPSA) is 55.6 Å². The lowest BCUT2D eigenvalue weighted by Gasteiger charge is -1.97. The largest absolute Gasteiger partial charge is 0.308 e. The van der Waals surface area contributed by atoms with E-state index in [-0.39, 0.29) is 0 Å². The molecule has 1 aliphatic rings. The average molecular weight is 263 g/mol. The highest BCUT2D eigenvalue weighted by atomic mass is 32.1. The number of aryl methyl sites for hydroxylation is 2. The predicted molar refractivity (Wildman–Crippen MR) is 70.6 cm³/mol. The first-order valence-electron chi connectivity index (χ1n) is 6.26. The number of nitrogens with one attached hydrogen (secondary N) is 1. The van der Waals surface area contributed by atoms with Crippen molar-refractivity contribution in [2.75, 3.05) is 0 Å². The average Bonchev–Trinajstić information content (AvgIpc) is 2.98. The van der Waals surface area contributed by atoms with Crippen LogP contribution >= 0.6 is 11.3 Å². The Kier molecular flexibility index (Phi) is 3.13. The lowest BCUT2D eigenvalue weighted by atomic mass is 10.4. The normalized spacial score (nSPS) is 15.2. The molecule has 2 aromatic heterocycles. The number of hydrogen-bond donors (Lipinski definition) is 1. The van der Waals surface area contributed by atoms with Crippen LogP contribution in [0.4, 0.5) is 0 Å². The molecule has 0 saturated heterocycles. The van der Waals surface area contributed by atoms with Gasteiger partial charge in [0.25, 0.3) is 0 Å². The van der Waals surface area contributed by atoms with E-state index in [0.717, 1.165) is 29.5 Å². The Labute approximate surface area is 110 Å². The maximum Gasteiger partial charge on any atom is 0.115 e. The van der Waals surface area contributed by atoms with E-state index < -0.39 is 0 Å². The van der Waals surface area contributed by atoms with E-state index in [1.54, 1.807) is 11.3 Å². The summed E-state index contributed by atoms with van der Waals surface area (Å²) in [7, 11) is 0. The zero-order valence-electron chi connectivity index (χ0n) is 10.7. The number of thiazole rings is 1. The van der Waals surface area contributed by atoms with Crippen LogP contribution < -0.4 is 5.32 Å². The van der Waals surface area contributed by atoms with Crippen LogP contribution in [-0.2, 0) is 13.1 Å². The SMILES string of the molecule is Cc1nc(Cn2cc(CNC3CC3)nn2)sc1C. The molecule has 5 nitrogen and oxygen atoms in total. The van der Waals surface area contributed by atoms with E-state index in [1.165, 1.54) is 17.7 Å². The summed E-state index contributed by atoms with van der Waals surface area (Å²) in [6.07, 6.45) is 4.60. The summed E-state index contributed by atoms with van der Waals surface area (Å²) in [5.41, 5.74) is 2.12. The molecule has 96 valence electrons. The highest BCUT2D eigenvalue weighted by molar-refractivity contribution is 7.11. The molecule has 0 amide bonds. The van der Waals surface area contributed by atoms with E-state index in [2.05, 4.69) is 27.5 Å². The molecule has 0 unspecified atom stereocenters. The van der Waals surface area contributed by atoms with Gasteiger partial charge in [0.15, 0.2) is 0 Å². The van der Waals surface area contributed by atoms with Gasteiger partial charge in [-0.05, 0) is 26.7 Å². The van der Waals surface area contributed by atoms with Crippen molar-refractivity contribution >= 4 is 11.3 Å². The third-order valence-corrected chi connectivity index (χ3v) is 4.16. The molecule has 6 heteroatoms. The molecule has 0 bridgehead atoms. The van der Waals surface area contributed by atoms with Gasteiger partial charge in [0.05, 0.1) is 24.1 Å². The van der Waals surface area contributed by atoms with E-state index in [9.17, 15) is 0 Å². The van der Waals surface area contributed by atoms with Crippen molar-refractivity contribution in [3.63, 3.8) is 0 Å². The standard InChI is InChI=1S/C12H17N5S/c1-8-9(2)18-12(14-8)7-17-6-11(15-16-17)5-13-10-3-4-10/h6,10,13H,3-5,7H2,1-2H3. The molecular weight excluding hydrogens is 246 g/mol. The zero-order chi connectivity index (χ0) is 12.5.